The number of anilines is 1. The summed E-state index contributed by atoms with van der Waals surface area (Å²) >= 11 is 0. The predicted molar refractivity (Wildman–Crippen MR) is 82.2 cm³/mol. The highest BCUT2D eigenvalue weighted by molar-refractivity contribution is 5.93. The molecule has 0 saturated heterocycles. The molecule has 4 nitrogen and oxygen atoms in total. The number of fused-ring (bicyclic) bond motifs is 1. The van der Waals surface area contributed by atoms with Crippen LogP contribution in [-0.2, 0) is 17.6 Å². The summed E-state index contributed by atoms with van der Waals surface area (Å²) in [7, 11) is 0. The van der Waals surface area contributed by atoms with Crippen LogP contribution >= 0.6 is 0 Å². The Morgan fingerprint density at radius 3 is 2.95 bits per heavy atom. The van der Waals surface area contributed by atoms with E-state index in [1.54, 1.807) is 0 Å². The first-order valence-electron chi connectivity index (χ1n) is 6.96. The Morgan fingerprint density at radius 2 is 2.10 bits per heavy atom. The van der Waals surface area contributed by atoms with E-state index in [1.165, 1.54) is 6.39 Å². The fourth-order valence-electron chi connectivity index (χ4n) is 2.34. The molecule has 0 atom stereocenters. The predicted octanol–water partition coefficient (Wildman–Crippen LogP) is 3.57. The fraction of sp³-hybridized carbons (Fsp3) is 0.176. The number of aryl methyl sites for hydroxylation is 1. The molecule has 1 heterocycles. The summed E-state index contributed by atoms with van der Waals surface area (Å²) in [6.45, 7) is 2.07. The van der Waals surface area contributed by atoms with Gasteiger partial charge in [0.25, 0.3) is 0 Å². The van der Waals surface area contributed by atoms with Crippen molar-refractivity contribution in [3.63, 3.8) is 0 Å². The number of carbonyl (C=O) groups is 1. The topological polar surface area (TPSA) is 55.1 Å². The third-order valence-electron chi connectivity index (χ3n) is 3.43. The first-order chi connectivity index (χ1) is 10.3. The number of para-hydroxylation sites is 1. The summed E-state index contributed by atoms with van der Waals surface area (Å²) in [4.78, 5) is 16.2. The Kier molecular flexibility index (Phi) is 3.69. The largest absolute Gasteiger partial charge is 0.443 e. The highest BCUT2D eigenvalue weighted by Crippen LogP contribution is 2.17. The van der Waals surface area contributed by atoms with Crippen LogP contribution in [0.25, 0.3) is 11.1 Å². The van der Waals surface area contributed by atoms with Crippen molar-refractivity contribution in [2.75, 3.05) is 5.32 Å². The number of oxazole rings is 1. The molecule has 1 amide bonds. The minimum absolute atomic E-state index is 0.0326. The molecule has 0 aliphatic rings. The van der Waals surface area contributed by atoms with Gasteiger partial charge >= 0.3 is 0 Å². The molecule has 106 valence electrons. The van der Waals surface area contributed by atoms with Gasteiger partial charge in [0, 0.05) is 5.69 Å². The van der Waals surface area contributed by atoms with Crippen molar-refractivity contribution in [2.45, 2.75) is 19.8 Å². The third kappa shape index (κ3) is 2.94. The molecule has 0 saturated carbocycles. The molecule has 2 aromatic carbocycles. The lowest BCUT2D eigenvalue weighted by molar-refractivity contribution is -0.115. The van der Waals surface area contributed by atoms with Crippen molar-refractivity contribution in [1.82, 2.24) is 4.98 Å². The van der Waals surface area contributed by atoms with Crippen LogP contribution in [0.1, 0.15) is 18.1 Å². The Morgan fingerprint density at radius 1 is 1.24 bits per heavy atom. The molecule has 0 aliphatic heterocycles. The number of rotatable bonds is 4. The van der Waals surface area contributed by atoms with E-state index in [1.807, 2.05) is 42.5 Å². The lowest BCUT2D eigenvalue weighted by Gasteiger charge is -2.09. The van der Waals surface area contributed by atoms with Crippen LogP contribution in [-0.4, -0.2) is 10.9 Å². The maximum absolute atomic E-state index is 12.2. The number of hydrogen-bond donors (Lipinski definition) is 1. The van der Waals surface area contributed by atoms with Gasteiger partial charge in [0.05, 0.1) is 6.42 Å². The van der Waals surface area contributed by atoms with Gasteiger partial charge in [-0.05, 0) is 35.7 Å². The van der Waals surface area contributed by atoms with E-state index in [4.69, 9.17) is 4.42 Å². The molecule has 0 bridgehead atoms. The highest BCUT2D eigenvalue weighted by Gasteiger charge is 2.08. The molecule has 0 aliphatic carbocycles. The van der Waals surface area contributed by atoms with Crippen molar-refractivity contribution in [3.8, 4) is 0 Å². The van der Waals surface area contributed by atoms with Crippen molar-refractivity contribution in [2.24, 2.45) is 0 Å². The van der Waals surface area contributed by atoms with Gasteiger partial charge in [-0.1, -0.05) is 31.2 Å². The van der Waals surface area contributed by atoms with Gasteiger partial charge in [-0.3, -0.25) is 4.79 Å². The Bertz CT molecular complexity index is 777. The van der Waals surface area contributed by atoms with Crippen LogP contribution in [0.2, 0.25) is 0 Å². The smallest absolute Gasteiger partial charge is 0.228 e. The lowest BCUT2D eigenvalue weighted by atomic mass is 10.1. The number of hydrogen-bond acceptors (Lipinski definition) is 3. The van der Waals surface area contributed by atoms with Crippen molar-refractivity contribution >= 4 is 22.7 Å². The maximum Gasteiger partial charge on any atom is 0.228 e. The second kappa shape index (κ2) is 5.79. The Hall–Kier alpha value is -2.62. The minimum atomic E-state index is -0.0326. The molecule has 0 fully saturated rings. The van der Waals surface area contributed by atoms with E-state index in [9.17, 15) is 4.79 Å². The zero-order valence-corrected chi connectivity index (χ0v) is 11.8. The molecular weight excluding hydrogens is 264 g/mol. The standard InChI is InChI=1S/C17H16N2O2/c1-2-13-5-3-4-6-14(13)19-17(20)10-12-7-8-15-16(9-12)21-11-18-15/h3-9,11H,2,10H2,1H3,(H,19,20). The van der Waals surface area contributed by atoms with Crippen LogP contribution in [0, 0.1) is 0 Å². The molecule has 1 N–H and O–H groups in total. The first-order valence-corrected chi connectivity index (χ1v) is 6.96. The number of carbonyl (C=O) groups excluding carboxylic acids is 1. The van der Waals surface area contributed by atoms with Crippen molar-refractivity contribution in [1.29, 1.82) is 0 Å². The summed E-state index contributed by atoms with van der Waals surface area (Å²) in [5.74, 6) is -0.0326. The molecule has 1 aromatic heterocycles. The van der Waals surface area contributed by atoms with Crippen LogP contribution in [0.4, 0.5) is 5.69 Å². The van der Waals surface area contributed by atoms with E-state index in [0.717, 1.165) is 28.8 Å². The molecule has 3 aromatic rings. The zero-order chi connectivity index (χ0) is 14.7. The van der Waals surface area contributed by atoms with Gasteiger partial charge in [-0.2, -0.15) is 0 Å². The molecule has 21 heavy (non-hydrogen) atoms. The van der Waals surface area contributed by atoms with Crippen LogP contribution in [0.15, 0.2) is 53.3 Å². The normalized spacial score (nSPS) is 10.7. The summed E-state index contributed by atoms with van der Waals surface area (Å²) < 4.78 is 5.25. The lowest BCUT2D eigenvalue weighted by Crippen LogP contribution is -2.15. The molecule has 0 spiro atoms. The zero-order valence-electron chi connectivity index (χ0n) is 11.8. The Balaban J connectivity index is 1.73. The average Bonchev–Trinajstić information content (AvgIpc) is 2.95. The second-order valence-corrected chi connectivity index (χ2v) is 4.89. The summed E-state index contributed by atoms with van der Waals surface area (Å²) in [5, 5.41) is 2.97. The van der Waals surface area contributed by atoms with Crippen LogP contribution in [0.5, 0.6) is 0 Å². The third-order valence-corrected chi connectivity index (χ3v) is 3.43. The average molecular weight is 280 g/mol. The van der Waals surface area contributed by atoms with E-state index < -0.39 is 0 Å². The van der Waals surface area contributed by atoms with E-state index >= 15 is 0 Å². The number of aromatic nitrogens is 1. The SMILES string of the molecule is CCc1ccccc1NC(=O)Cc1ccc2ncoc2c1. The number of benzene rings is 2. The monoisotopic (exact) mass is 280 g/mol. The van der Waals surface area contributed by atoms with Gasteiger partial charge in [0.1, 0.15) is 5.52 Å². The van der Waals surface area contributed by atoms with E-state index in [2.05, 4.69) is 17.2 Å². The maximum atomic E-state index is 12.2. The van der Waals surface area contributed by atoms with E-state index in [-0.39, 0.29) is 5.91 Å². The van der Waals surface area contributed by atoms with Crippen molar-refractivity contribution in [3.05, 3.63) is 60.0 Å². The van der Waals surface area contributed by atoms with Crippen LogP contribution < -0.4 is 5.32 Å². The van der Waals surface area contributed by atoms with Gasteiger partial charge < -0.3 is 9.73 Å². The second-order valence-electron chi connectivity index (χ2n) is 4.89. The number of amides is 1. The van der Waals surface area contributed by atoms with Gasteiger partial charge in [0.2, 0.25) is 5.91 Å². The van der Waals surface area contributed by atoms with Crippen LogP contribution in [0.3, 0.4) is 0 Å². The van der Waals surface area contributed by atoms with E-state index in [0.29, 0.717) is 12.0 Å². The quantitative estimate of drug-likeness (QED) is 0.794. The highest BCUT2D eigenvalue weighted by atomic mass is 16.3. The first kappa shape index (κ1) is 13.4. The van der Waals surface area contributed by atoms with Gasteiger partial charge in [-0.15, -0.1) is 0 Å². The molecule has 4 heteroatoms. The Labute approximate surface area is 122 Å². The number of nitrogens with zero attached hydrogens (tertiary/aromatic N) is 1. The summed E-state index contributed by atoms with van der Waals surface area (Å²) in [6, 6.07) is 13.5. The molecule has 0 unspecified atom stereocenters. The molecule has 3 rings (SSSR count). The number of nitrogens with one attached hydrogen (secondary N) is 1. The minimum Gasteiger partial charge on any atom is -0.443 e. The molecule has 0 radical (unpaired) electrons. The summed E-state index contributed by atoms with van der Waals surface area (Å²) in [6.07, 6.45) is 2.61. The van der Waals surface area contributed by atoms with Gasteiger partial charge in [-0.25, -0.2) is 4.98 Å². The summed E-state index contributed by atoms with van der Waals surface area (Å²) in [5.41, 5.74) is 4.43. The van der Waals surface area contributed by atoms with Crippen molar-refractivity contribution < 1.29 is 9.21 Å². The fourth-order valence-corrected chi connectivity index (χ4v) is 2.34. The van der Waals surface area contributed by atoms with Gasteiger partial charge in [0.15, 0.2) is 12.0 Å². The molecular formula is C17H16N2O2.